The van der Waals surface area contributed by atoms with Crippen LogP contribution >= 0.6 is 11.8 Å². The van der Waals surface area contributed by atoms with Crippen LogP contribution in [-0.2, 0) is 18.7 Å². The third-order valence-corrected chi connectivity index (χ3v) is 4.96. The fraction of sp³-hybridized carbons (Fsp3) is 0.222. The van der Waals surface area contributed by atoms with E-state index in [9.17, 15) is 19.7 Å². The molecule has 150 valence electrons. The summed E-state index contributed by atoms with van der Waals surface area (Å²) in [6.45, 7) is 5.27. The number of nitro groups is 1. The van der Waals surface area contributed by atoms with E-state index in [1.165, 1.54) is 30.0 Å². The summed E-state index contributed by atoms with van der Waals surface area (Å²) in [5, 5.41) is 19.0. The van der Waals surface area contributed by atoms with Crippen molar-refractivity contribution in [2.24, 2.45) is 0 Å². The molecule has 0 aliphatic rings. The molecule has 10 nitrogen and oxygen atoms in total. The number of aryl methyl sites for hydroxylation is 1. The van der Waals surface area contributed by atoms with Gasteiger partial charge in [0.25, 0.3) is 16.5 Å². The monoisotopic (exact) mass is 415 g/mol. The number of allylic oxidation sites excluding steroid dienone is 1. The number of nitro benzene ring substituents is 1. The third kappa shape index (κ3) is 4.69. The van der Waals surface area contributed by atoms with Crippen LogP contribution in [0.25, 0.3) is 0 Å². The number of thioether (sulfide) groups is 1. The minimum Gasteiger partial charge on any atom is -0.416 e. The molecule has 0 spiro atoms. The lowest BCUT2D eigenvalue weighted by Crippen LogP contribution is -2.37. The van der Waals surface area contributed by atoms with Gasteiger partial charge in [0.2, 0.25) is 5.89 Å². The van der Waals surface area contributed by atoms with Gasteiger partial charge in [0.05, 0.1) is 11.3 Å². The number of rotatable bonds is 8. The van der Waals surface area contributed by atoms with Crippen molar-refractivity contribution in [3.63, 3.8) is 0 Å². The van der Waals surface area contributed by atoms with Crippen LogP contribution in [0.3, 0.4) is 0 Å². The number of H-pyrrole nitrogens is 1. The highest BCUT2D eigenvalue weighted by Crippen LogP contribution is 2.24. The van der Waals surface area contributed by atoms with Gasteiger partial charge in [-0.1, -0.05) is 30.0 Å². The quantitative estimate of drug-likeness (QED) is 0.256. The molecular weight excluding hydrogens is 398 g/mol. The van der Waals surface area contributed by atoms with E-state index >= 15 is 0 Å². The molecule has 0 saturated heterocycles. The Balaban J connectivity index is 1.74. The lowest BCUT2D eigenvalue weighted by atomic mass is 10.1. The van der Waals surface area contributed by atoms with Gasteiger partial charge in [-0.05, 0) is 12.5 Å². The van der Waals surface area contributed by atoms with Crippen LogP contribution in [0.1, 0.15) is 22.7 Å². The maximum Gasteiger partial charge on any atom is 0.328 e. The molecule has 3 rings (SSSR count). The van der Waals surface area contributed by atoms with E-state index in [-0.39, 0.29) is 29.8 Å². The van der Waals surface area contributed by atoms with Gasteiger partial charge in [0.1, 0.15) is 0 Å². The summed E-state index contributed by atoms with van der Waals surface area (Å²) in [4.78, 5) is 37.5. The molecule has 3 aromatic rings. The van der Waals surface area contributed by atoms with Crippen molar-refractivity contribution < 1.29 is 9.34 Å². The van der Waals surface area contributed by atoms with E-state index < -0.39 is 16.2 Å². The molecule has 0 aliphatic heterocycles. The first-order valence-electron chi connectivity index (χ1n) is 8.51. The number of hydrogen-bond acceptors (Lipinski definition) is 8. The lowest BCUT2D eigenvalue weighted by Gasteiger charge is -2.06. The average Bonchev–Trinajstić information content (AvgIpc) is 3.14. The van der Waals surface area contributed by atoms with Crippen molar-refractivity contribution in [2.75, 3.05) is 0 Å². The Bertz CT molecular complexity index is 1180. The first-order valence-corrected chi connectivity index (χ1v) is 9.49. The van der Waals surface area contributed by atoms with Crippen LogP contribution in [0.4, 0.5) is 5.69 Å². The average molecular weight is 415 g/mol. The molecule has 0 amide bonds. The summed E-state index contributed by atoms with van der Waals surface area (Å²) >= 11 is 1.23. The molecule has 1 N–H and O–H groups in total. The van der Waals surface area contributed by atoms with Gasteiger partial charge in [-0.15, -0.1) is 16.8 Å². The number of hydrogen-bond donors (Lipinski definition) is 1. The summed E-state index contributed by atoms with van der Waals surface area (Å²) in [6.07, 6.45) is 1.54. The zero-order valence-electron chi connectivity index (χ0n) is 15.5. The van der Waals surface area contributed by atoms with Gasteiger partial charge in [-0.3, -0.25) is 19.5 Å². The topological polar surface area (TPSA) is 137 Å². The standard InChI is InChI=1S/C18H17N5O5S/c1-3-7-22-16(24)14(11(2)19-17(22)25)9-15-20-21-18(28-15)29-10-12-5-4-6-13(8-12)23(26)27/h3-6,8H,1,7,9-10H2,2H3,(H,19,25). The van der Waals surface area contributed by atoms with Crippen LogP contribution in [0.5, 0.6) is 0 Å². The first-order chi connectivity index (χ1) is 13.9. The molecule has 1 aromatic carbocycles. The second-order valence-corrected chi connectivity index (χ2v) is 7.02. The largest absolute Gasteiger partial charge is 0.416 e. The summed E-state index contributed by atoms with van der Waals surface area (Å²) in [7, 11) is 0. The van der Waals surface area contributed by atoms with Crippen LogP contribution in [-0.4, -0.2) is 24.7 Å². The minimum absolute atomic E-state index is 0.0127. The van der Waals surface area contributed by atoms with Gasteiger partial charge in [-0.25, -0.2) is 4.79 Å². The zero-order chi connectivity index (χ0) is 21.0. The smallest absolute Gasteiger partial charge is 0.328 e. The van der Waals surface area contributed by atoms with Crippen molar-refractivity contribution in [1.82, 2.24) is 19.7 Å². The predicted molar refractivity (Wildman–Crippen MR) is 106 cm³/mol. The fourth-order valence-electron chi connectivity index (χ4n) is 2.65. The number of nitrogens with zero attached hydrogens (tertiary/aromatic N) is 4. The normalized spacial score (nSPS) is 10.8. The van der Waals surface area contributed by atoms with E-state index in [0.29, 0.717) is 17.0 Å². The van der Waals surface area contributed by atoms with Crippen LogP contribution in [0.2, 0.25) is 0 Å². The number of nitrogens with one attached hydrogen (secondary N) is 1. The van der Waals surface area contributed by atoms with Crippen molar-refractivity contribution in [1.29, 1.82) is 0 Å². The van der Waals surface area contributed by atoms with E-state index in [0.717, 1.165) is 10.1 Å². The molecule has 0 saturated carbocycles. The van der Waals surface area contributed by atoms with Crippen LogP contribution < -0.4 is 11.2 Å². The van der Waals surface area contributed by atoms with Crippen molar-refractivity contribution in [3.05, 3.63) is 90.6 Å². The Hall–Kier alpha value is -3.47. The number of non-ortho nitro benzene ring substituents is 1. The van der Waals surface area contributed by atoms with Crippen molar-refractivity contribution >= 4 is 17.4 Å². The molecule has 2 heterocycles. The zero-order valence-corrected chi connectivity index (χ0v) is 16.3. The third-order valence-electron chi connectivity index (χ3n) is 4.07. The van der Waals surface area contributed by atoms with Gasteiger partial charge in [0.15, 0.2) is 0 Å². The molecule has 0 radical (unpaired) electrons. The van der Waals surface area contributed by atoms with Gasteiger partial charge < -0.3 is 9.40 Å². The number of aromatic amines is 1. The molecule has 0 unspecified atom stereocenters. The maximum atomic E-state index is 12.6. The van der Waals surface area contributed by atoms with E-state index in [4.69, 9.17) is 4.42 Å². The highest BCUT2D eigenvalue weighted by atomic mass is 32.2. The summed E-state index contributed by atoms with van der Waals surface area (Å²) < 4.78 is 6.62. The molecule has 0 bridgehead atoms. The van der Waals surface area contributed by atoms with Gasteiger partial charge in [-0.2, -0.15) is 0 Å². The minimum atomic E-state index is -0.505. The Kier molecular flexibility index (Phi) is 6.07. The van der Waals surface area contributed by atoms with E-state index in [2.05, 4.69) is 21.8 Å². The number of benzene rings is 1. The van der Waals surface area contributed by atoms with Crippen molar-refractivity contribution in [3.8, 4) is 0 Å². The Morgan fingerprint density at radius 1 is 1.38 bits per heavy atom. The second-order valence-electron chi connectivity index (χ2n) is 6.09. The van der Waals surface area contributed by atoms with E-state index in [1.807, 2.05) is 0 Å². The molecular formula is C18H17N5O5S. The van der Waals surface area contributed by atoms with E-state index in [1.54, 1.807) is 19.1 Å². The Morgan fingerprint density at radius 3 is 2.90 bits per heavy atom. The lowest BCUT2D eigenvalue weighted by molar-refractivity contribution is -0.384. The van der Waals surface area contributed by atoms with Crippen LogP contribution in [0.15, 0.2) is 56.1 Å². The molecule has 0 atom stereocenters. The van der Waals surface area contributed by atoms with Crippen LogP contribution in [0, 0.1) is 17.0 Å². The van der Waals surface area contributed by atoms with Gasteiger partial charge in [0, 0.05) is 35.7 Å². The molecule has 0 fully saturated rings. The Morgan fingerprint density at radius 2 is 2.17 bits per heavy atom. The van der Waals surface area contributed by atoms with Gasteiger partial charge >= 0.3 is 5.69 Å². The highest BCUT2D eigenvalue weighted by molar-refractivity contribution is 7.98. The maximum absolute atomic E-state index is 12.6. The molecule has 11 heteroatoms. The fourth-order valence-corrected chi connectivity index (χ4v) is 3.37. The SMILES string of the molecule is C=CCn1c(=O)[nH]c(C)c(Cc2nnc(SCc3cccc([N+](=O)[O-])c3)o2)c1=O. The summed E-state index contributed by atoms with van der Waals surface area (Å²) in [5.41, 5.74) is 0.603. The van der Waals surface area contributed by atoms with Crippen molar-refractivity contribution in [2.45, 2.75) is 30.9 Å². The molecule has 0 aliphatic carbocycles. The molecule has 29 heavy (non-hydrogen) atoms. The predicted octanol–water partition coefficient (Wildman–Crippen LogP) is 2.21. The molecule has 2 aromatic heterocycles. The second kappa shape index (κ2) is 8.69. The summed E-state index contributed by atoms with van der Waals surface area (Å²) in [5.74, 6) is 0.636. The Labute approximate surface area is 168 Å². The first kappa shape index (κ1) is 20.3. The number of aromatic nitrogens is 4. The summed E-state index contributed by atoms with van der Waals surface area (Å²) in [6, 6.07) is 6.28. The highest BCUT2D eigenvalue weighted by Gasteiger charge is 2.16.